The molecule has 4 heteroatoms. The largest absolute Gasteiger partial charge is 0.303 e. The lowest BCUT2D eigenvalue weighted by atomic mass is 10.1. The normalized spacial score (nSPS) is 12.4. The smallest absolute Gasteiger partial charge is 0.0267 e. The van der Waals surface area contributed by atoms with Gasteiger partial charge in [-0.2, -0.15) is 0 Å². The van der Waals surface area contributed by atoms with Crippen LogP contribution >= 0.6 is 0 Å². The lowest BCUT2D eigenvalue weighted by Crippen LogP contribution is -2.33. The van der Waals surface area contributed by atoms with Crippen LogP contribution in [0, 0.1) is 11.8 Å². The van der Waals surface area contributed by atoms with E-state index < -0.39 is 0 Å². The molecule has 0 aliphatic carbocycles. The molecule has 2 unspecified atom stereocenters. The summed E-state index contributed by atoms with van der Waals surface area (Å²) in [6.07, 6.45) is 61.3. The summed E-state index contributed by atoms with van der Waals surface area (Å²) < 4.78 is 0. The molecule has 0 aromatic carbocycles. The minimum absolute atomic E-state index is 0.822. The van der Waals surface area contributed by atoms with Gasteiger partial charge in [0.1, 0.15) is 0 Å². The highest BCUT2D eigenvalue weighted by atomic mass is 15.1. The summed E-state index contributed by atoms with van der Waals surface area (Å²) in [6, 6.07) is 11.4. The fraction of sp³-hybridized carbons (Fsp3) is 0.767. The molecule has 0 bridgehead atoms. The van der Waals surface area contributed by atoms with Crippen LogP contribution in [0.15, 0.2) is 85.5 Å². The summed E-state index contributed by atoms with van der Waals surface area (Å²) >= 11 is 0. The number of nitrogens with zero attached hydrogens (tertiary/aromatic N) is 4. The van der Waals surface area contributed by atoms with Crippen molar-refractivity contribution in [1.82, 2.24) is 19.8 Å². The maximum Gasteiger partial charge on any atom is 0.0267 e. The molecule has 2 aromatic rings. The van der Waals surface area contributed by atoms with E-state index in [0.29, 0.717) is 0 Å². The molecule has 2 heterocycles. The predicted molar refractivity (Wildman–Crippen MR) is 288 cm³/mol. The summed E-state index contributed by atoms with van der Waals surface area (Å²) in [5, 5.41) is 0. The van der Waals surface area contributed by atoms with Crippen LogP contribution in [0.4, 0.5) is 0 Å². The van der Waals surface area contributed by atoms with Crippen molar-refractivity contribution >= 4 is 0 Å². The lowest BCUT2D eigenvalue weighted by Gasteiger charge is -2.27. The Morgan fingerprint density at radius 3 is 0.812 bits per heavy atom. The molecule has 0 fully saturated rings. The van der Waals surface area contributed by atoms with Gasteiger partial charge in [0.05, 0.1) is 0 Å². The van der Waals surface area contributed by atoms with Crippen molar-refractivity contribution in [1.29, 1.82) is 0 Å². The molecule has 370 valence electrons. The summed E-state index contributed by atoms with van der Waals surface area (Å²) in [5.41, 5.74) is 0. The first-order valence-corrected chi connectivity index (χ1v) is 28.0. The molecule has 0 saturated heterocycles. The van der Waals surface area contributed by atoms with Crippen LogP contribution in [0.1, 0.15) is 247 Å². The van der Waals surface area contributed by atoms with E-state index in [2.05, 4.69) is 85.6 Å². The van der Waals surface area contributed by atoms with Gasteiger partial charge in [0.2, 0.25) is 0 Å². The highest BCUT2D eigenvalue weighted by Crippen LogP contribution is 2.15. The molecule has 0 N–H and O–H groups in total. The van der Waals surface area contributed by atoms with Gasteiger partial charge < -0.3 is 9.80 Å². The van der Waals surface area contributed by atoms with E-state index in [1.54, 1.807) is 24.8 Å². The van der Waals surface area contributed by atoms with Crippen molar-refractivity contribution in [3.05, 3.63) is 85.5 Å². The fourth-order valence-electron chi connectivity index (χ4n) is 8.19. The summed E-state index contributed by atoms with van der Waals surface area (Å²) in [7, 11) is 0. The molecule has 0 aliphatic rings. The Labute approximate surface area is 401 Å². The van der Waals surface area contributed by atoms with E-state index in [1.807, 2.05) is 36.4 Å². The zero-order valence-electron chi connectivity index (χ0n) is 43.9. The summed E-state index contributed by atoms with van der Waals surface area (Å²) in [4.78, 5) is 13.2. The van der Waals surface area contributed by atoms with E-state index in [0.717, 1.165) is 11.8 Å². The average molecular weight is 888 g/mol. The molecule has 4 nitrogen and oxygen atoms in total. The van der Waals surface area contributed by atoms with Crippen LogP contribution < -0.4 is 0 Å². The zero-order chi connectivity index (χ0) is 46.5. The number of pyridine rings is 2. The van der Waals surface area contributed by atoms with Gasteiger partial charge in [-0.15, -0.1) is 0 Å². The Morgan fingerprint density at radius 1 is 0.328 bits per heavy atom. The maximum atomic E-state index is 3.78. The Morgan fingerprint density at radius 2 is 0.578 bits per heavy atom. The van der Waals surface area contributed by atoms with E-state index in [4.69, 9.17) is 0 Å². The Bertz CT molecular complexity index is 1010. The molecule has 2 atom stereocenters. The Kier molecular flexibility index (Phi) is 51.4. The van der Waals surface area contributed by atoms with Gasteiger partial charge in [0.25, 0.3) is 0 Å². The molecule has 0 spiro atoms. The second-order valence-electron chi connectivity index (χ2n) is 19.3. The molecule has 0 radical (unpaired) electrons. The first kappa shape index (κ1) is 61.7. The molecule has 0 aliphatic heterocycles. The van der Waals surface area contributed by atoms with Crippen molar-refractivity contribution in [3.8, 4) is 0 Å². The number of rotatable bonds is 43. The average Bonchev–Trinajstić information content (AvgIpc) is 3.33. The molecular formula is C60H110N4. The third-order valence-corrected chi connectivity index (χ3v) is 12.8. The van der Waals surface area contributed by atoms with Crippen LogP contribution in [0.3, 0.4) is 0 Å². The number of aromatic nitrogens is 2. The zero-order valence-corrected chi connectivity index (χ0v) is 43.9. The third kappa shape index (κ3) is 49.1. The summed E-state index contributed by atoms with van der Waals surface area (Å²) in [5.74, 6) is 1.64. The van der Waals surface area contributed by atoms with Crippen LogP contribution in [0.2, 0.25) is 0 Å². The van der Waals surface area contributed by atoms with E-state index in [9.17, 15) is 0 Å². The summed E-state index contributed by atoms with van der Waals surface area (Å²) in [6.45, 7) is 22.1. The number of hydrogen-bond donors (Lipinski definition) is 0. The topological polar surface area (TPSA) is 32.3 Å². The minimum atomic E-state index is 0.822. The van der Waals surface area contributed by atoms with Gasteiger partial charge in [0, 0.05) is 37.9 Å². The molecule has 0 saturated carbocycles. The first-order chi connectivity index (χ1) is 31.6. The van der Waals surface area contributed by atoms with Gasteiger partial charge in [-0.25, -0.2) is 0 Å². The SMILES string of the molecule is CCCCCCCC/C=C\CCCCCCCCN(CCCCN(CCCCCCCC/C=C\CCCCCCCC)CC(C)CC)CC(C)CC.c1ccncc1.c1ccncc1. The second kappa shape index (κ2) is 53.3. The predicted octanol–water partition coefficient (Wildman–Crippen LogP) is 18.7. The quantitative estimate of drug-likeness (QED) is 0.0491. The van der Waals surface area contributed by atoms with Crippen molar-refractivity contribution < 1.29 is 0 Å². The van der Waals surface area contributed by atoms with Crippen LogP contribution in [-0.4, -0.2) is 59.0 Å². The van der Waals surface area contributed by atoms with Crippen molar-refractivity contribution in [3.63, 3.8) is 0 Å². The van der Waals surface area contributed by atoms with Gasteiger partial charge >= 0.3 is 0 Å². The highest BCUT2D eigenvalue weighted by Gasteiger charge is 2.12. The van der Waals surface area contributed by atoms with Crippen molar-refractivity contribution in [2.24, 2.45) is 11.8 Å². The molecular weight excluding hydrogens is 777 g/mol. The van der Waals surface area contributed by atoms with Crippen molar-refractivity contribution in [2.45, 2.75) is 247 Å². The van der Waals surface area contributed by atoms with Crippen molar-refractivity contribution in [2.75, 3.05) is 39.3 Å². The second-order valence-corrected chi connectivity index (χ2v) is 19.3. The highest BCUT2D eigenvalue weighted by molar-refractivity contribution is 4.89. The van der Waals surface area contributed by atoms with Gasteiger partial charge in [-0.3, -0.25) is 9.97 Å². The molecule has 2 rings (SSSR count). The monoisotopic (exact) mass is 887 g/mol. The third-order valence-electron chi connectivity index (χ3n) is 12.8. The fourth-order valence-corrected chi connectivity index (χ4v) is 8.19. The number of allylic oxidation sites excluding steroid dienone is 4. The van der Waals surface area contributed by atoms with E-state index >= 15 is 0 Å². The van der Waals surface area contributed by atoms with Gasteiger partial charge in [0.15, 0.2) is 0 Å². The van der Waals surface area contributed by atoms with Crippen LogP contribution in [0.5, 0.6) is 0 Å². The van der Waals surface area contributed by atoms with Gasteiger partial charge in [-0.1, -0.05) is 206 Å². The Balaban J connectivity index is 0.00000281. The number of hydrogen-bond acceptors (Lipinski definition) is 4. The lowest BCUT2D eigenvalue weighted by molar-refractivity contribution is 0.203. The van der Waals surface area contributed by atoms with E-state index in [1.165, 1.54) is 245 Å². The van der Waals surface area contributed by atoms with Crippen LogP contribution in [-0.2, 0) is 0 Å². The van der Waals surface area contributed by atoms with Gasteiger partial charge in [-0.05, 0) is 139 Å². The maximum absolute atomic E-state index is 3.78. The molecule has 2 aromatic heterocycles. The van der Waals surface area contributed by atoms with E-state index in [-0.39, 0.29) is 0 Å². The molecule has 0 amide bonds. The minimum Gasteiger partial charge on any atom is -0.303 e. The molecule has 64 heavy (non-hydrogen) atoms. The van der Waals surface area contributed by atoms with Crippen LogP contribution in [0.25, 0.3) is 0 Å². The standard InChI is InChI=1S/C50H100N2.2C5H5N/c1-7-11-13-15-17-19-21-23-25-27-29-31-33-35-37-39-43-51(47-49(5)9-3)45-41-42-46-52(48-50(6)10-4)44-40-38-36-34-32-30-28-26-24-22-20-18-16-14-12-8-2;2*1-2-4-6-5-3-1/h23-26,49-50H,7-22,27-48H2,1-6H3;2*1-5H/b25-23-,26-24-;;. The number of unbranched alkanes of at least 4 members (excludes halogenated alkanes) is 25. The Hall–Kier alpha value is -2.30. The first-order valence-electron chi connectivity index (χ1n) is 28.0.